The first kappa shape index (κ1) is 15.4. The van der Waals surface area contributed by atoms with Crippen molar-refractivity contribution in [3.63, 3.8) is 0 Å². The molecule has 1 N–H and O–H groups in total. The second kappa shape index (κ2) is 5.80. The molecule has 2 aromatic rings. The number of para-hydroxylation sites is 1. The Morgan fingerprint density at radius 2 is 1.91 bits per heavy atom. The summed E-state index contributed by atoms with van der Waals surface area (Å²) in [4.78, 5) is 26.3. The van der Waals surface area contributed by atoms with Gasteiger partial charge in [-0.05, 0) is 24.3 Å². The number of aromatic amines is 1. The molecule has 1 aromatic carbocycles. The molecule has 0 aliphatic rings. The number of hydrogen-bond donors (Lipinski definition) is 1. The lowest BCUT2D eigenvalue weighted by Gasteiger charge is -2.05. The Kier molecular flexibility index (Phi) is 4.06. The third-order valence-corrected chi connectivity index (χ3v) is 2.64. The van der Waals surface area contributed by atoms with E-state index in [1.165, 1.54) is 24.3 Å². The van der Waals surface area contributed by atoms with Crippen LogP contribution in [-0.4, -0.2) is 14.9 Å². The summed E-state index contributed by atoms with van der Waals surface area (Å²) in [7, 11) is 0. The van der Waals surface area contributed by atoms with Crippen molar-refractivity contribution < 1.29 is 18.1 Å². The van der Waals surface area contributed by atoms with Crippen LogP contribution >= 0.6 is 0 Å². The molecule has 1 aromatic heterocycles. The molecular weight excluding hydrogens is 303 g/mol. The summed E-state index contributed by atoms with van der Waals surface area (Å²) in [6.45, 7) is 0. The maximum absolute atomic E-state index is 12.6. The molecule has 0 aliphatic carbocycles. The van der Waals surface area contributed by atoms with Crippen LogP contribution in [0, 0.1) is 10.1 Å². The average Bonchev–Trinajstić information content (AvgIpc) is 2.44. The highest BCUT2D eigenvalue weighted by atomic mass is 19.4. The number of hydrogen-bond acceptors (Lipinski definition) is 4. The number of alkyl halides is 3. The summed E-state index contributed by atoms with van der Waals surface area (Å²) in [5.41, 5.74) is -2.68. The van der Waals surface area contributed by atoms with E-state index in [4.69, 9.17) is 0 Å². The monoisotopic (exact) mass is 311 g/mol. The van der Waals surface area contributed by atoms with Gasteiger partial charge in [-0.25, -0.2) is 4.79 Å². The normalized spacial score (nSPS) is 11.8. The number of nitro benzene ring substituents is 1. The molecule has 1 heterocycles. The van der Waals surface area contributed by atoms with Crippen molar-refractivity contribution >= 4 is 17.8 Å². The average molecular weight is 311 g/mol. The standard InChI is InChI=1S/C13H8F3N3O3/c14-13(15,16)11-7-9(17-12(20)18-11)6-5-8-3-1-2-4-10(8)19(21)22/h1-7H,(H,17,18,20). The molecule has 114 valence electrons. The van der Waals surface area contributed by atoms with Gasteiger partial charge in [0.05, 0.1) is 16.2 Å². The number of benzene rings is 1. The van der Waals surface area contributed by atoms with Crippen molar-refractivity contribution in [2.75, 3.05) is 0 Å². The molecule has 0 atom stereocenters. The second-order valence-electron chi connectivity index (χ2n) is 4.17. The fourth-order valence-corrected chi connectivity index (χ4v) is 1.68. The smallest absolute Gasteiger partial charge is 0.302 e. The zero-order valence-electron chi connectivity index (χ0n) is 10.8. The molecular formula is C13H8F3N3O3. The summed E-state index contributed by atoms with van der Waals surface area (Å²) in [5.74, 6) is 0. The first-order valence-electron chi connectivity index (χ1n) is 5.87. The van der Waals surface area contributed by atoms with Gasteiger partial charge in [0, 0.05) is 6.07 Å². The van der Waals surface area contributed by atoms with Crippen LogP contribution in [0.15, 0.2) is 35.1 Å². The van der Waals surface area contributed by atoms with Gasteiger partial charge < -0.3 is 4.98 Å². The van der Waals surface area contributed by atoms with E-state index in [9.17, 15) is 28.1 Å². The topological polar surface area (TPSA) is 88.9 Å². The molecule has 9 heteroatoms. The summed E-state index contributed by atoms with van der Waals surface area (Å²) >= 11 is 0. The lowest BCUT2D eigenvalue weighted by atomic mass is 10.1. The van der Waals surface area contributed by atoms with Gasteiger partial charge in [-0.1, -0.05) is 12.1 Å². The number of nitrogens with one attached hydrogen (secondary N) is 1. The molecule has 0 saturated heterocycles. The molecule has 0 bridgehead atoms. The van der Waals surface area contributed by atoms with Gasteiger partial charge in [-0.2, -0.15) is 18.2 Å². The molecule has 6 nitrogen and oxygen atoms in total. The molecule has 0 spiro atoms. The minimum atomic E-state index is -4.72. The third kappa shape index (κ3) is 3.57. The maximum Gasteiger partial charge on any atom is 0.431 e. The Labute approximate surface area is 121 Å². The summed E-state index contributed by atoms with van der Waals surface area (Å²) in [5, 5.41) is 10.8. The van der Waals surface area contributed by atoms with E-state index < -0.39 is 22.5 Å². The minimum absolute atomic E-state index is 0.183. The quantitative estimate of drug-likeness (QED) is 0.697. The highest BCUT2D eigenvalue weighted by Gasteiger charge is 2.32. The van der Waals surface area contributed by atoms with E-state index in [-0.39, 0.29) is 16.9 Å². The number of halogens is 3. The highest BCUT2D eigenvalue weighted by molar-refractivity contribution is 5.72. The van der Waals surface area contributed by atoms with Crippen LogP contribution in [-0.2, 0) is 6.18 Å². The van der Waals surface area contributed by atoms with Gasteiger partial charge in [-0.15, -0.1) is 0 Å². The fourth-order valence-electron chi connectivity index (χ4n) is 1.68. The Hall–Kier alpha value is -2.97. The number of H-pyrrole nitrogens is 1. The van der Waals surface area contributed by atoms with E-state index in [2.05, 4.69) is 4.98 Å². The van der Waals surface area contributed by atoms with Crippen LogP contribution < -0.4 is 5.69 Å². The van der Waals surface area contributed by atoms with Crippen LogP contribution in [0.4, 0.5) is 18.9 Å². The van der Waals surface area contributed by atoms with Crippen molar-refractivity contribution in [1.29, 1.82) is 0 Å². The molecule has 0 aliphatic heterocycles. The molecule has 0 unspecified atom stereocenters. The maximum atomic E-state index is 12.6. The Balaban J connectivity index is 2.42. The predicted molar refractivity (Wildman–Crippen MR) is 71.9 cm³/mol. The van der Waals surface area contributed by atoms with E-state index in [0.29, 0.717) is 6.07 Å². The van der Waals surface area contributed by atoms with Crippen molar-refractivity contribution in [1.82, 2.24) is 9.97 Å². The summed E-state index contributed by atoms with van der Waals surface area (Å²) in [6.07, 6.45) is -2.39. The van der Waals surface area contributed by atoms with Crippen molar-refractivity contribution in [2.45, 2.75) is 6.18 Å². The predicted octanol–water partition coefficient (Wildman–Crippen LogP) is 2.87. The summed E-state index contributed by atoms with van der Waals surface area (Å²) < 4.78 is 37.7. The zero-order valence-corrected chi connectivity index (χ0v) is 10.8. The number of nitro groups is 1. The van der Waals surface area contributed by atoms with Crippen molar-refractivity contribution in [2.24, 2.45) is 0 Å². The SMILES string of the molecule is O=c1nc(C=Cc2ccccc2[N+](=O)[O-])cc(C(F)(F)F)[nH]1. The first-order chi connectivity index (χ1) is 10.3. The largest absolute Gasteiger partial charge is 0.431 e. The lowest BCUT2D eigenvalue weighted by Crippen LogP contribution is -2.19. The van der Waals surface area contributed by atoms with Gasteiger partial charge in [0.1, 0.15) is 5.69 Å². The lowest BCUT2D eigenvalue weighted by molar-refractivity contribution is -0.385. The molecule has 0 fully saturated rings. The van der Waals surface area contributed by atoms with E-state index >= 15 is 0 Å². The molecule has 0 radical (unpaired) electrons. The fraction of sp³-hybridized carbons (Fsp3) is 0.0769. The van der Waals surface area contributed by atoms with Crippen molar-refractivity contribution in [3.05, 3.63) is 67.9 Å². The van der Waals surface area contributed by atoms with Crippen LogP contribution in [0.2, 0.25) is 0 Å². The van der Waals surface area contributed by atoms with E-state index in [0.717, 1.165) is 6.08 Å². The van der Waals surface area contributed by atoms with Crippen molar-refractivity contribution in [3.8, 4) is 0 Å². The van der Waals surface area contributed by atoms with Crippen LogP contribution in [0.25, 0.3) is 12.2 Å². The number of nitrogens with zero attached hydrogens (tertiary/aromatic N) is 2. The van der Waals surface area contributed by atoms with Gasteiger partial charge in [-0.3, -0.25) is 10.1 Å². The van der Waals surface area contributed by atoms with Gasteiger partial charge in [0.15, 0.2) is 0 Å². The molecule has 2 rings (SSSR count). The second-order valence-corrected chi connectivity index (χ2v) is 4.17. The number of rotatable bonds is 3. The Morgan fingerprint density at radius 3 is 2.55 bits per heavy atom. The van der Waals surface area contributed by atoms with Crippen LogP contribution in [0.1, 0.15) is 17.0 Å². The third-order valence-electron chi connectivity index (χ3n) is 2.64. The minimum Gasteiger partial charge on any atom is -0.302 e. The first-order valence-corrected chi connectivity index (χ1v) is 5.87. The molecule has 0 amide bonds. The Bertz CT molecular complexity index is 797. The van der Waals surface area contributed by atoms with E-state index in [1.54, 1.807) is 11.1 Å². The highest BCUT2D eigenvalue weighted by Crippen LogP contribution is 2.27. The van der Waals surface area contributed by atoms with Gasteiger partial charge in [0.25, 0.3) is 5.69 Å². The Morgan fingerprint density at radius 1 is 1.23 bits per heavy atom. The van der Waals surface area contributed by atoms with E-state index in [1.807, 2.05) is 0 Å². The van der Waals surface area contributed by atoms with Crippen LogP contribution in [0.5, 0.6) is 0 Å². The number of aromatic nitrogens is 2. The zero-order chi connectivity index (χ0) is 16.3. The molecule has 22 heavy (non-hydrogen) atoms. The molecule has 0 saturated carbocycles. The van der Waals surface area contributed by atoms with Gasteiger partial charge in [0.2, 0.25) is 0 Å². The van der Waals surface area contributed by atoms with Crippen LogP contribution in [0.3, 0.4) is 0 Å². The van der Waals surface area contributed by atoms with Gasteiger partial charge >= 0.3 is 11.9 Å². The summed E-state index contributed by atoms with van der Waals surface area (Å²) in [6, 6.07) is 6.33.